The van der Waals surface area contributed by atoms with E-state index in [4.69, 9.17) is 5.11 Å². The summed E-state index contributed by atoms with van der Waals surface area (Å²) >= 11 is 0.870. The van der Waals surface area contributed by atoms with Crippen LogP contribution >= 0.6 is 11.3 Å². The molecule has 0 bridgehead atoms. The Balaban J connectivity index is 3.10. The molecule has 1 aromatic heterocycles. The first-order valence-electron chi connectivity index (χ1n) is 3.90. The number of nitrogens with one attached hydrogen (secondary N) is 1. The van der Waals surface area contributed by atoms with Crippen LogP contribution < -0.4 is 4.72 Å². The van der Waals surface area contributed by atoms with Crippen molar-refractivity contribution in [1.82, 2.24) is 4.72 Å². The summed E-state index contributed by atoms with van der Waals surface area (Å²) in [5.41, 5.74) is -0.212. The standard InChI is InChI=1S/C8H9NO4S2/c1-2-4-9-15(12,13)8-6(7(10)11)3-5-14-8/h2-3,5,9H,1,4H2,(H,10,11). The van der Waals surface area contributed by atoms with Gasteiger partial charge in [0.25, 0.3) is 10.0 Å². The van der Waals surface area contributed by atoms with Crippen LogP contribution in [0.25, 0.3) is 0 Å². The molecule has 0 fully saturated rings. The summed E-state index contributed by atoms with van der Waals surface area (Å²) in [6.07, 6.45) is 1.38. The maximum absolute atomic E-state index is 11.6. The predicted octanol–water partition coefficient (Wildman–Crippen LogP) is 0.911. The second-order valence-electron chi connectivity index (χ2n) is 2.57. The van der Waals surface area contributed by atoms with E-state index in [0.717, 1.165) is 11.3 Å². The summed E-state index contributed by atoms with van der Waals surface area (Å²) in [6, 6.07) is 1.26. The smallest absolute Gasteiger partial charge is 0.337 e. The average molecular weight is 247 g/mol. The highest BCUT2D eigenvalue weighted by atomic mass is 32.2. The fourth-order valence-corrected chi connectivity index (χ4v) is 3.27. The Morgan fingerprint density at radius 3 is 2.87 bits per heavy atom. The van der Waals surface area contributed by atoms with Crippen LogP contribution in [0.2, 0.25) is 0 Å². The number of thiophene rings is 1. The minimum absolute atomic E-state index is 0.0687. The largest absolute Gasteiger partial charge is 0.478 e. The molecule has 0 amide bonds. The van der Waals surface area contributed by atoms with Crippen LogP contribution in [-0.4, -0.2) is 26.0 Å². The van der Waals surface area contributed by atoms with Crippen molar-refractivity contribution in [3.63, 3.8) is 0 Å². The number of rotatable bonds is 5. The Kier molecular flexibility index (Phi) is 3.61. The van der Waals surface area contributed by atoms with Crippen LogP contribution in [0.3, 0.4) is 0 Å². The van der Waals surface area contributed by atoms with Crippen molar-refractivity contribution in [1.29, 1.82) is 0 Å². The maximum atomic E-state index is 11.6. The van der Waals surface area contributed by atoms with Crippen LogP contribution in [0, 0.1) is 0 Å². The molecular weight excluding hydrogens is 238 g/mol. The van der Waals surface area contributed by atoms with Crippen LogP contribution in [0.1, 0.15) is 10.4 Å². The first kappa shape index (κ1) is 11.9. The number of hydrogen-bond acceptors (Lipinski definition) is 4. The molecule has 15 heavy (non-hydrogen) atoms. The third-order valence-electron chi connectivity index (χ3n) is 1.52. The summed E-state index contributed by atoms with van der Waals surface area (Å²) in [7, 11) is -3.74. The first-order chi connectivity index (χ1) is 6.99. The van der Waals surface area contributed by atoms with Gasteiger partial charge in [0, 0.05) is 6.54 Å². The molecular formula is C8H9NO4S2. The van der Waals surface area contributed by atoms with Crippen molar-refractivity contribution >= 4 is 27.3 Å². The van der Waals surface area contributed by atoms with Crippen molar-refractivity contribution in [2.75, 3.05) is 6.54 Å². The zero-order valence-corrected chi connectivity index (χ0v) is 9.27. The molecule has 0 aliphatic heterocycles. The van der Waals surface area contributed by atoms with Crippen LogP contribution in [0.4, 0.5) is 0 Å². The van der Waals surface area contributed by atoms with E-state index in [0.29, 0.717) is 0 Å². The molecule has 1 rings (SSSR count). The minimum Gasteiger partial charge on any atom is -0.478 e. The number of aromatic carboxylic acids is 1. The third kappa shape index (κ3) is 2.65. The van der Waals surface area contributed by atoms with E-state index in [2.05, 4.69) is 11.3 Å². The first-order valence-corrected chi connectivity index (χ1v) is 6.26. The van der Waals surface area contributed by atoms with Gasteiger partial charge < -0.3 is 5.11 Å². The van der Waals surface area contributed by atoms with E-state index in [1.807, 2.05) is 0 Å². The summed E-state index contributed by atoms with van der Waals surface area (Å²) in [5.74, 6) is -1.25. The molecule has 0 saturated heterocycles. The average Bonchev–Trinajstić information content (AvgIpc) is 2.63. The van der Waals surface area contributed by atoms with Gasteiger partial charge in [0.1, 0.15) is 4.21 Å². The summed E-state index contributed by atoms with van der Waals surface area (Å²) < 4.78 is 25.2. The SMILES string of the molecule is C=CCNS(=O)(=O)c1sccc1C(=O)O. The molecule has 5 nitrogen and oxygen atoms in total. The van der Waals surface area contributed by atoms with Gasteiger partial charge in [-0.2, -0.15) is 0 Å². The molecule has 0 unspecified atom stereocenters. The van der Waals surface area contributed by atoms with Crippen LogP contribution in [0.15, 0.2) is 28.3 Å². The molecule has 0 radical (unpaired) electrons. The topological polar surface area (TPSA) is 83.5 Å². The van der Waals surface area contributed by atoms with Crippen LogP contribution in [0.5, 0.6) is 0 Å². The Morgan fingerprint density at radius 1 is 1.67 bits per heavy atom. The van der Waals surface area contributed by atoms with Gasteiger partial charge >= 0.3 is 5.97 Å². The number of sulfonamides is 1. The van der Waals surface area contributed by atoms with Crippen molar-refractivity contribution < 1.29 is 18.3 Å². The number of carboxylic acids is 1. The third-order valence-corrected chi connectivity index (χ3v) is 4.43. The number of carboxylic acid groups (broad SMARTS) is 1. The van der Waals surface area contributed by atoms with Gasteiger partial charge in [0.2, 0.25) is 0 Å². The zero-order chi connectivity index (χ0) is 11.5. The zero-order valence-electron chi connectivity index (χ0n) is 7.63. The van der Waals surface area contributed by atoms with Crippen molar-refractivity contribution in [2.45, 2.75) is 4.21 Å². The number of carbonyl (C=O) groups is 1. The van der Waals surface area contributed by atoms with Gasteiger partial charge in [-0.1, -0.05) is 6.08 Å². The van der Waals surface area contributed by atoms with E-state index in [1.54, 1.807) is 0 Å². The number of hydrogen-bond donors (Lipinski definition) is 2. The fraction of sp³-hybridized carbons (Fsp3) is 0.125. The summed E-state index contributed by atoms with van der Waals surface area (Å²) in [4.78, 5) is 10.7. The van der Waals surface area contributed by atoms with Gasteiger partial charge in [0.15, 0.2) is 0 Å². The molecule has 1 heterocycles. The van der Waals surface area contributed by atoms with E-state index in [-0.39, 0.29) is 16.3 Å². The van der Waals surface area contributed by atoms with Gasteiger partial charge in [-0.25, -0.2) is 17.9 Å². The van der Waals surface area contributed by atoms with Gasteiger partial charge in [-0.05, 0) is 11.4 Å². The van der Waals surface area contributed by atoms with E-state index < -0.39 is 16.0 Å². The molecule has 0 spiro atoms. The molecule has 82 valence electrons. The van der Waals surface area contributed by atoms with E-state index >= 15 is 0 Å². The normalized spacial score (nSPS) is 11.2. The second kappa shape index (κ2) is 4.56. The van der Waals surface area contributed by atoms with Gasteiger partial charge in [0.05, 0.1) is 5.56 Å². The lowest BCUT2D eigenvalue weighted by Crippen LogP contribution is -2.24. The van der Waals surface area contributed by atoms with Gasteiger partial charge in [-0.3, -0.25) is 0 Å². The summed E-state index contributed by atoms with van der Waals surface area (Å²) in [5, 5.41) is 10.2. The lowest BCUT2D eigenvalue weighted by atomic mass is 10.4. The van der Waals surface area contributed by atoms with Gasteiger partial charge in [-0.15, -0.1) is 17.9 Å². The minimum atomic E-state index is -3.74. The lowest BCUT2D eigenvalue weighted by Gasteiger charge is -2.02. The molecule has 0 aliphatic carbocycles. The van der Waals surface area contributed by atoms with Crippen molar-refractivity contribution in [2.24, 2.45) is 0 Å². The fourth-order valence-electron chi connectivity index (χ4n) is 0.896. The predicted molar refractivity (Wildman–Crippen MR) is 56.7 cm³/mol. The Morgan fingerprint density at radius 2 is 2.33 bits per heavy atom. The molecule has 1 aromatic rings. The molecule has 0 saturated carbocycles. The Bertz CT molecular complexity index is 475. The second-order valence-corrected chi connectivity index (χ2v) is 5.45. The highest BCUT2D eigenvalue weighted by molar-refractivity contribution is 7.91. The molecule has 0 aliphatic rings. The van der Waals surface area contributed by atoms with E-state index in [1.165, 1.54) is 17.5 Å². The highest BCUT2D eigenvalue weighted by Gasteiger charge is 2.22. The van der Waals surface area contributed by atoms with Crippen molar-refractivity contribution in [3.05, 3.63) is 29.7 Å². The van der Waals surface area contributed by atoms with Crippen LogP contribution in [-0.2, 0) is 10.0 Å². The highest BCUT2D eigenvalue weighted by Crippen LogP contribution is 2.22. The van der Waals surface area contributed by atoms with E-state index in [9.17, 15) is 13.2 Å². The molecule has 0 atom stereocenters. The monoisotopic (exact) mass is 247 g/mol. The Labute approximate surface area is 91.1 Å². The molecule has 7 heteroatoms. The summed E-state index contributed by atoms with van der Waals surface area (Å²) in [6.45, 7) is 3.43. The lowest BCUT2D eigenvalue weighted by molar-refractivity contribution is 0.0693. The molecule has 2 N–H and O–H groups in total. The molecule has 0 aromatic carbocycles. The van der Waals surface area contributed by atoms with Crippen molar-refractivity contribution in [3.8, 4) is 0 Å². The maximum Gasteiger partial charge on any atom is 0.337 e. The quantitative estimate of drug-likeness (QED) is 0.757. The Hall–Kier alpha value is -1.18.